The fourth-order valence-corrected chi connectivity index (χ4v) is 4.43. The summed E-state index contributed by atoms with van der Waals surface area (Å²) in [4.78, 5) is 33.0. The number of carboxylic acids is 1. The molecule has 2 N–H and O–H groups in total. The van der Waals surface area contributed by atoms with Crippen molar-refractivity contribution in [1.82, 2.24) is 15.3 Å². The molecule has 0 aliphatic heterocycles. The van der Waals surface area contributed by atoms with Gasteiger partial charge in [-0.25, -0.2) is 9.59 Å². The van der Waals surface area contributed by atoms with Crippen molar-refractivity contribution in [3.63, 3.8) is 0 Å². The molecule has 5 rings (SSSR count). The Morgan fingerprint density at radius 2 is 1.51 bits per heavy atom. The van der Waals surface area contributed by atoms with E-state index < -0.39 is 18.1 Å². The number of nitrogens with one attached hydrogen (secondary N) is 1. The van der Waals surface area contributed by atoms with Gasteiger partial charge in [0.2, 0.25) is 0 Å². The average Bonchev–Trinajstić information content (AvgIpc) is 3.21. The van der Waals surface area contributed by atoms with Gasteiger partial charge in [-0.3, -0.25) is 9.97 Å². The summed E-state index contributed by atoms with van der Waals surface area (Å²) >= 11 is 0. The van der Waals surface area contributed by atoms with E-state index in [1.165, 1.54) is 0 Å². The molecule has 174 valence electrons. The zero-order chi connectivity index (χ0) is 24.2. The SMILES string of the molecule is O=C(N[C@@H](Cc1ccc(-c2ccccn2)nc1)C(=O)O)OCC1c2ccccc2-c2ccccc21. The van der Waals surface area contributed by atoms with Gasteiger partial charge in [-0.1, -0.05) is 60.7 Å². The van der Waals surface area contributed by atoms with Crippen LogP contribution in [0.15, 0.2) is 91.3 Å². The Kier molecular flexibility index (Phi) is 6.22. The van der Waals surface area contributed by atoms with Crippen molar-refractivity contribution in [3.05, 3.63) is 108 Å². The number of hydrogen-bond acceptors (Lipinski definition) is 5. The van der Waals surface area contributed by atoms with Crippen LogP contribution in [0.25, 0.3) is 22.5 Å². The van der Waals surface area contributed by atoms with Crippen molar-refractivity contribution >= 4 is 12.1 Å². The molecule has 1 atom stereocenters. The highest BCUT2D eigenvalue weighted by Crippen LogP contribution is 2.44. The number of aliphatic carboxylic acids is 1. The zero-order valence-electron chi connectivity index (χ0n) is 18.8. The number of carbonyl (C=O) groups excluding carboxylic acids is 1. The second kappa shape index (κ2) is 9.77. The van der Waals surface area contributed by atoms with Crippen LogP contribution in [0.5, 0.6) is 0 Å². The van der Waals surface area contributed by atoms with Crippen LogP contribution in [0.4, 0.5) is 4.79 Å². The third-order valence-corrected chi connectivity index (χ3v) is 6.13. The van der Waals surface area contributed by atoms with Gasteiger partial charge in [0, 0.05) is 24.7 Å². The van der Waals surface area contributed by atoms with Crippen LogP contribution in [-0.4, -0.2) is 39.8 Å². The fourth-order valence-electron chi connectivity index (χ4n) is 4.43. The minimum Gasteiger partial charge on any atom is -0.480 e. The van der Waals surface area contributed by atoms with Crippen LogP contribution in [0.2, 0.25) is 0 Å². The monoisotopic (exact) mass is 465 g/mol. The molecule has 7 nitrogen and oxygen atoms in total. The normalized spacial score (nSPS) is 12.9. The first-order valence-corrected chi connectivity index (χ1v) is 11.3. The lowest BCUT2D eigenvalue weighted by molar-refractivity contribution is -0.139. The van der Waals surface area contributed by atoms with Crippen molar-refractivity contribution in [2.75, 3.05) is 6.61 Å². The predicted octanol–water partition coefficient (Wildman–Crippen LogP) is 4.68. The molecule has 2 aromatic carbocycles. The molecule has 0 saturated carbocycles. The molecule has 0 radical (unpaired) electrons. The minimum atomic E-state index is -1.15. The van der Waals surface area contributed by atoms with Gasteiger partial charge in [0.15, 0.2) is 0 Å². The highest BCUT2D eigenvalue weighted by molar-refractivity contribution is 5.81. The number of alkyl carbamates (subject to hydrolysis) is 1. The quantitative estimate of drug-likeness (QED) is 0.411. The molecular formula is C28H23N3O4. The highest BCUT2D eigenvalue weighted by atomic mass is 16.5. The standard InChI is InChI=1S/C28H23N3O4/c32-27(33)26(15-18-12-13-25(30-16-18)24-11-5-6-14-29-24)31-28(34)35-17-23-21-9-3-1-7-19(21)20-8-2-4-10-22(20)23/h1-14,16,23,26H,15,17H2,(H,31,34)(H,32,33)/t26-/m0/s1. The minimum absolute atomic E-state index is 0.0784. The van der Waals surface area contributed by atoms with Crippen molar-refractivity contribution in [3.8, 4) is 22.5 Å². The molecule has 2 heterocycles. The summed E-state index contributed by atoms with van der Waals surface area (Å²) in [5, 5.41) is 12.1. The molecule has 2 aromatic heterocycles. The van der Waals surface area contributed by atoms with E-state index in [-0.39, 0.29) is 18.9 Å². The first kappa shape index (κ1) is 22.3. The van der Waals surface area contributed by atoms with Gasteiger partial charge in [-0.05, 0) is 46.0 Å². The number of aromatic nitrogens is 2. The van der Waals surface area contributed by atoms with Gasteiger partial charge < -0.3 is 15.2 Å². The van der Waals surface area contributed by atoms with E-state index in [4.69, 9.17) is 4.74 Å². The van der Waals surface area contributed by atoms with Gasteiger partial charge in [-0.2, -0.15) is 0 Å². The number of fused-ring (bicyclic) bond motifs is 3. The van der Waals surface area contributed by atoms with Crippen LogP contribution < -0.4 is 5.32 Å². The Morgan fingerprint density at radius 1 is 0.857 bits per heavy atom. The average molecular weight is 466 g/mol. The number of carbonyl (C=O) groups is 2. The van der Waals surface area contributed by atoms with E-state index in [1.54, 1.807) is 24.5 Å². The molecule has 0 unspecified atom stereocenters. The molecular weight excluding hydrogens is 442 g/mol. The lowest BCUT2D eigenvalue weighted by atomic mass is 9.98. The molecule has 0 bridgehead atoms. The summed E-state index contributed by atoms with van der Waals surface area (Å²) in [5.41, 5.74) is 6.53. The molecule has 0 fully saturated rings. The zero-order valence-corrected chi connectivity index (χ0v) is 18.8. The highest BCUT2D eigenvalue weighted by Gasteiger charge is 2.29. The first-order chi connectivity index (χ1) is 17.1. The summed E-state index contributed by atoms with van der Waals surface area (Å²) in [7, 11) is 0. The number of pyridine rings is 2. The van der Waals surface area contributed by atoms with Crippen molar-refractivity contribution in [1.29, 1.82) is 0 Å². The molecule has 35 heavy (non-hydrogen) atoms. The van der Waals surface area contributed by atoms with E-state index in [0.29, 0.717) is 11.3 Å². The molecule has 1 aliphatic carbocycles. The maximum atomic E-state index is 12.5. The second-order valence-corrected chi connectivity index (χ2v) is 8.33. The number of amides is 1. The number of hydrogen-bond donors (Lipinski definition) is 2. The number of nitrogens with zero attached hydrogens (tertiary/aromatic N) is 2. The third-order valence-electron chi connectivity index (χ3n) is 6.13. The van der Waals surface area contributed by atoms with E-state index in [9.17, 15) is 14.7 Å². The molecule has 0 saturated heterocycles. The van der Waals surface area contributed by atoms with Crippen molar-refractivity contribution < 1.29 is 19.4 Å². The molecule has 4 aromatic rings. The smallest absolute Gasteiger partial charge is 0.407 e. The summed E-state index contributed by atoms with van der Waals surface area (Å²) in [6.07, 6.45) is 2.59. The maximum absolute atomic E-state index is 12.5. The number of rotatable bonds is 7. The Morgan fingerprint density at radius 3 is 2.11 bits per heavy atom. The van der Waals surface area contributed by atoms with E-state index in [1.807, 2.05) is 54.6 Å². The molecule has 1 aliphatic rings. The lowest BCUT2D eigenvalue weighted by Crippen LogP contribution is -2.42. The van der Waals surface area contributed by atoms with Crippen LogP contribution in [0.1, 0.15) is 22.6 Å². The van der Waals surface area contributed by atoms with Gasteiger partial charge in [-0.15, -0.1) is 0 Å². The van der Waals surface area contributed by atoms with Gasteiger partial charge in [0.25, 0.3) is 0 Å². The summed E-state index contributed by atoms with van der Waals surface area (Å²) in [5.74, 6) is -1.24. The Bertz CT molecular complexity index is 1310. The summed E-state index contributed by atoms with van der Waals surface area (Å²) in [6.45, 7) is 0.118. The Balaban J connectivity index is 1.23. The topological polar surface area (TPSA) is 101 Å². The van der Waals surface area contributed by atoms with E-state index in [0.717, 1.165) is 27.9 Å². The summed E-state index contributed by atoms with van der Waals surface area (Å²) in [6, 6.07) is 24.0. The van der Waals surface area contributed by atoms with E-state index >= 15 is 0 Å². The van der Waals surface area contributed by atoms with Gasteiger partial charge in [0.1, 0.15) is 12.6 Å². The summed E-state index contributed by atoms with van der Waals surface area (Å²) < 4.78 is 5.50. The molecule has 1 amide bonds. The second-order valence-electron chi connectivity index (χ2n) is 8.33. The number of carboxylic acid groups (broad SMARTS) is 1. The van der Waals surface area contributed by atoms with Crippen molar-refractivity contribution in [2.24, 2.45) is 0 Å². The van der Waals surface area contributed by atoms with Gasteiger partial charge in [0.05, 0.1) is 11.4 Å². The first-order valence-electron chi connectivity index (χ1n) is 11.3. The van der Waals surface area contributed by atoms with Crippen LogP contribution >= 0.6 is 0 Å². The third kappa shape index (κ3) is 4.75. The number of ether oxygens (including phenoxy) is 1. The maximum Gasteiger partial charge on any atom is 0.407 e. The van der Waals surface area contributed by atoms with Gasteiger partial charge >= 0.3 is 12.1 Å². The van der Waals surface area contributed by atoms with Crippen LogP contribution in [0.3, 0.4) is 0 Å². The Hall–Kier alpha value is -4.52. The van der Waals surface area contributed by atoms with E-state index in [2.05, 4.69) is 27.4 Å². The predicted molar refractivity (Wildman–Crippen MR) is 131 cm³/mol. The largest absolute Gasteiger partial charge is 0.480 e. The van der Waals surface area contributed by atoms with Crippen LogP contribution in [-0.2, 0) is 16.0 Å². The number of benzene rings is 2. The fraction of sp³-hybridized carbons (Fsp3) is 0.143. The molecule has 7 heteroatoms. The molecule has 0 spiro atoms. The lowest BCUT2D eigenvalue weighted by Gasteiger charge is -2.17. The van der Waals surface area contributed by atoms with Crippen LogP contribution in [0, 0.1) is 0 Å². The Labute approximate surface area is 202 Å². The van der Waals surface area contributed by atoms with Crippen molar-refractivity contribution in [2.45, 2.75) is 18.4 Å².